The highest BCUT2D eigenvalue weighted by Gasteiger charge is 2.17. The molecule has 0 radical (unpaired) electrons. The molecule has 1 unspecified atom stereocenters. The van der Waals surface area contributed by atoms with E-state index in [-0.39, 0.29) is 5.91 Å². The largest absolute Gasteiger partial charge is 0.479 e. The molecule has 1 amide bonds. The van der Waals surface area contributed by atoms with Gasteiger partial charge in [0.1, 0.15) is 10.8 Å². The number of para-hydroxylation sites is 1. The van der Waals surface area contributed by atoms with Crippen molar-refractivity contribution in [3.05, 3.63) is 64.4 Å². The summed E-state index contributed by atoms with van der Waals surface area (Å²) in [5, 5.41) is 4.26. The Morgan fingerprint density at radius 1 is 1.31 bits per heavy atom. The molecule has 26 heavy (non-hydrogen) atoms. The third-order valence-corrected chi connectivity index (χ3v) is 5.25. The van der Waals surface area contributed by atoms with Gasteiger partial charge in [-0.25, -0.2) is 4.98 Å². The quantitative estimate of drug-likeness (QED) is 0.686. The van der Waals surface area contributed by atoms with Crippen LogP contribution in [0.15, 0.2) is 48.8 Å². The standard InChI is InChI=1S/C19H18ClN3O2S/c1-12-17(26-19(23-12)14-6-5-9-21-10-14)11-22-18(24)13(2)25-16-8-4-3-7-15(16)20/h3-10,13H,11H2,1-2H3,(H,22,24). The third kappa shape index (κ3) is 4.39. The lowest BCUT2D eigenvalue weighted by molar-refractivity contribution is -0.127. The summed E-state index contributed by atoms with van der Waals surface area (Å²) in [7, 11) is 0. The van der Waals surface area contributed by atoms with Crippen molar-refractivity contribution in [2.75, 3.05) is 0 Å². The molecule has 0 aliphatic rings. The van der Waals surface area contributed by atoms with Gasteiger partial charge in [-0.05, 0) is 38.1 Å². The predicted molar refractivity (Wildman–Crippen MR) is 103 cm³/mol. The summed E-state index contributed by atoms with van der Waals surface area (Å²) >= 11 is 7.60. The molecule has 134 valence electrons. The second-order valence-electron chi connectivity index (χ2n) is 5.68. The lowest BCUT2D eigenvalue weighted by atomic mass is 10.3. The van der Waals surface area contributed by atoms with E-state index in [4.69, 9.17) is 16.3 Å². The summed E-state index contributed by atoms with van der Waals surface area (Å²) in [5.41, 5.74) is 1.86. The minimum Gasteiger partial charge on any atom is -0.479 e. The Labute approximate surface area is 161 Å². The van der Waals surface area contributed by atoms with Gasteiger partial charge in [-0.2, -0.15) is 0 Å². The van der Waals surface area contributed by atoms with Gasteiger partial charge in [-0.15, -0.1) is 11.3 Å². The number of carbonyl (C=O) groups excluding carboxylic acids is 1. The maximum absolute atomic E-state index is 12.3. The number of pyridine rings is 1. The van der Waals surface area contributed by atoms with Crippen molar-refractivity contribution >= 4 is 28.8 Å². The number of carbonyl (C=O) groups is 1. The zero-order valence-corrected chi connectivity index (χ0v) is 16.0. The molecule has 0 saturated carbocycles. The van der Waals surface area contributed by atoms with E-state index in [1.807, 2.05) is 31.2 Å². The molecular weight excluding hydrogens is 370 g/mol. The monoisotopic (exact) mass is 387 g/mol. The Kier molecular flexibility index (Phi) is 5.85. The van der Waals surface area contributed by atoms with Crippen molar-refractivity contribution < 1.29 is 9.53 Å². The molecule has 2 heterocycles. The van der Waals surface area contributed by atoms with Crippen LogP contribution in [-0.4, -0.2) is 22.0 Å². The molecule has 7 heteroatoms. The summed E-state index contributed by atoms with van der Waals surface area (Å²) in [6, 6.07) is 10.9. The number of thiazole rings is 1. The van der Waals surface area contributed by atoms with Gasteiger partial charge < -0.3 is 10.1 Å². The van der Waals surface area contributed by atoms with E-state index in [0.29, 0.717) is 17.3 Å². The van der Waals surface area contributed by atoms with Crippen LogP contribution in [-0.2, 0) is 11.3 Å². The molecule has 2 aromatic heterocycles. The van der Waals surface area contributed by atoms with E-state index in [0.717, 1.165) is 21.1 Å². The van der Waals surface area contributed by atoms with E-state index >= 15 is 0 Å². The number of aromatic nitrogens is 2. The number of nitrogens with one attached hydrogen (secondary N) is 1. The summed E-state index contributed by atoms with van der Waals surface area (Å²) in [6.45, 7) is 4.03. The van der Waals surface area contributed by atoms with Crippen LogP contribution in [0.4, 0.5) is 0 Å². The van der Waals surface area contributed by atoms with Crippen molar-refractivity contribution in [2.24, 2.45) is 0 Å². The molecule has 1 atom stereocenters. The summed E-state index contributed by atoms with van der Waals surface area (Å²) in [6.07, 6.45) is 2.85. The molecule has 3 rings (SSSR count). The maximum Gasteiger partial charge on any atom is 0.261 e. The van der Waals surface area contributed by atoms with Gasteiger partial charge in [0.2, 0.25) is 0 Å². The number of rotatable bonds is 6. The van der Waals surface area contributed by atoms with Gasteiger partial charge in [0.05, 0.1) is 17.3 Å². The average molecular weight is 388 g/mol. The van der Waals surface area contributed by atoms with Crippen molar-refractivity contribution in [3.8, 4) is 16.3 Å². The lowest BCUT2D eigenvalue weighted by Gasteiger charge is -2.15. The van der Waals surface area contributed by atoms with Crippen LogP contribution in [0.2, 0.25) is 5.02 Å². The van der Waals surface area contributed by atoms with Gasteiger partial charge in [-0.1, -0.05) is 23.7 Å². The average Bonchev–Trinajstić information content (AvgIpc) is 3.03. The van der Waals surface area contributed by atoms with Crippen LogP contribution >= 0.6 is 22.9 Å². The van der Waals surface area contributed by atoms with E-state index in [2.05, 4.69) is 15.3 Å². The Morgan fingerprint density at radius 2 is 2.12 bits per heavy atom. The van der Waals surface area contributed by atoms with Gasteiger partial charge in [-0.3, -0.25) is 9.78 Å². The Morgan fingerprint density at radius 3 is 2.85 bits per heavy atom. The minimum atomic E-state index is -0.652. The molecule has 3 aromatic rings. The topological polar surface area (TPSA) is 64.1 Å². The van der Waals surface area contributed by atoms with Crippen LogP contribution in [0.1, 0.15) is 17.5 Å². The van der Waals surface area contributed by atoms with E-state index in [1.165, 1.54) is 0 Å². The first-order valence-corrected chi connectivity index (χ1v) is 9.29. The zero-order valence-electron chi connectivity index (χ0n) is 14.4. The van der Waals surface area contributed by atoms with E-state index < -0.39 is 6.10 Å². The summed E-state index contributed by atoms with van der Waals surface area (Å²) in [4.78, 5) is 22.0. The van der Waals surface area contributed by atoms with Crippen LogP contribution < -0.4 is 10.1 Å². The Hall–Kier alpha value is -2.44. The van der Waals surface area contributed by atoms with E-state index in [9.17, 15) is 4.79 Å². The minimum absolute atomic E-state index is 0.208. The van der Waals surface area contributed by atoms with Crippen molar-refractivity contribution in [1.82, 2.24) is 15.3 Å². The molecule has 0 fully saturated rings. The molecule has 0 aliphatic carbocycles. The number of halogens is 1. The Balaban J connectivity index is 1.61. The van der Waals surface area contributed by atoms with Crippen molar-refractivity contribution in [3.63, 3.8) is 0 Å². The highest BCUT2D eigenvalue weighted by atomic mass is 35.5. The molecule has 1 aromatic carbocycles. The molecule has 1 N–H and O–H groups in total. The second kappa shape index (κ2) is 8.29. The molecule has 0 aliphatic heterocycles. The number of ether oxygens (including phenoxy) is 1. The fraction of sp³-hybridized carbons (Fsp3) is 0.211. The molecular formula is C19H18ClN3O2S. The zero-order chi connectivity index (χ0) is 18.5. The van der Waals surface area contributed by atoms with E-state index in [1.54, 1.807) is 42.8 Å². The first-order valence-electron chi connectivity index (χ1n) is 8.10. The van der Waals surface area contributed by atoms with Crippen LogP contribution in [0.3, 0.4) is 0 Å². The third-order valence-electron chi connectivity index (χ3n) is 3.73. The second-order valence-corrected chi connectivity index (χ2v) is 7.17. The van der Waals surface area contributed by atoms with Gasteiger partial charge >= 0.3 is 0 Å². The smallest absolute Gasteiger partial charge is 0.261 e. The molecule has 0 saturated heterocycles. The normalized spacial score (nSPS) is 11.8. The first kappa shape index (κ1) is 18.4. The summed E-state index contributed by atoms with van der Waals surface area (Å²) < 4.78 is 5.64. The van der Waals surface area contributed by atoms with Gasteiger partial charge in [0.25, 0.3) is 5.91 Å². The fourth-order valence-electron chi connectivity index (χ4n) is 2.30. The number of hydrogen-bond donors (Lipinski definition) is 1. The highest BCUT2D eigenvalue weighted by Crippen LogP contribution is 2.27. The predicted octanol–water partition coefficient (Wildman–Crippen LogP) is 4.25. The number of amides is 1. The van der Waals surface area contributed by atoms with Gasteiger partial charge in [0.15, 0.2) is 6.10 Å². The molecule has 5 nitrogen and oxygen atoms in total. The highest BCUT2D eigenvalue weighted by molar-refractivity contribution is 7.15. The Bertz CT molecular complexity index is 899. The number of benzene rings is 1. The van der Waals surface area contributed by atoms with Crippen LogP contribution in [0, 0.1) is 6.92 Å². The lowest BCUT2D eigenvalue weighted by Crippen LogP contribution is -2.35. The van der Waals surface area contributed by atoms with Crippen molar-refractivity contribution in [2.45, 2.75) is 26.5 Å². The number of nitrogens with zero attached hydrogens (tertiary/aromatic N) is 2. The summed E-state index contributed by atoms with van der Waals surface area (Å²) in [5.74, 6) is 0.283. The molecule has 0 bridgehead atoms. The van der Waals surface area contributed by atoms with Gasteiger partial charge in [0, 0.05) is 22.8 Å². The fourth-order valence-corrected chi connectivity index (χ4v) is 3.47. The van der Waals surface area contributed by atoms with Crippen molar-refractivity contribution in [1.29, 1.82) is 0 Å². The first-order chi connectivity index (χ1) is 12.5. The SMILES string of the molecule is Cc1nc(-c2cccnc2)sc1CNC(=O)C(C)Oc1ccccc1Cl. The maximum atomic E-state index is 12.3. The number of aryl methyl sites for hydroxylation is 1. The molecule has 0 spiro atoms. The number of hydrogen-bond acceptors (Lipinski definition) is 5. The van der Waals surface area contributed by atoms with Crippen LogP contribution in [0.5, 0.6) is 5.75 Å². The van der Waals surface area contributed by atoms with Crippen LogP contribution in [0.25, 0.3) is 10.6 Å².